The molecule has 0 amide bonds. The molecule has 0 spiro atoms. The smallest absolute Gasteiger partial charge is 0.306 e. The first-order valence-corrected chi connectivity index (χ1v) is 27.9. The van der Waals surface area contributed by atoms with Gasteiger partial charge in [-0.05, 0) is 51.4 Å². The number of rotatable bonds is 52. The van der Waals surface area contributed by atoms with Crippen LogP contribution in [0.15, 0.2) is 24.3 Å². The van der Waals surface area contributed by atoms with Gasteiger partial charge in [-0.3, -0.25) is 9.59 Å². The highest BCUT2D eigenvalue weighted by molar-refractivity contribution is 5.70. The highest BCUT2D eigenvalue weighted by Gasteiger charge is 2.17. The van der Waals surface area contributed by atoms with Crippen LogP contribution < -0.4 is 0 Å². The molecule has 62 heavy (non-hydrogen) atoms. The zero-order valence-electron chi connectivity index (χ0n) is 42.2. The molecule has 5 nitrogen and oxygen atoms in total. The third kappa shape index (κ3) is 51.0. The Morgan fingerprint density at radius 3 is 1.10 bits per heavy atom. The van der Waals surface area contributed by atoms with Crippen LogP contribution in [0.2, 0.25) is 0 Å². The summed E-state index contributed by atoms with van der Waals surface area (Å²) < 4.78 is 17.5. The van der Waals surface area contributed by atoms with Crippen molar-refractivity contribution in [1.29, 1.82) is 0 Å². The van der Waals surface area contributed by atoms with E-state index in [1.807, 2.05) is 0 Å². The number of carbonyl (C=O) groups is 2. The number of carbonyl (C=O) groups excluding carboxylic acids is 2. The quantitative estimate of drug-likeness (QED) is 0.0346. The summed E-state index contributed by atoms with van der Waals surface area (Å²) >= 11 is 0. The van der Waals surface area contributed by atoms with Gasteiger partial charge in [-0.15, -0.1) is 0 Å². The third-order valence-electron chi connectivity index (χ3n) is 12.5. The van der Waals surface area contributed by atoms with E-state index in [1.54, 1.807) is 0 Å². The van der Waals surface area contributed by atoms with Crippen LogP contribution in [0.3, 0.4) is 0 Å². The summed E-state index contributed by atoms with van der Waals surface area (Å²) in [5, 5.41) is 0. The Balaban J connectivity index is 4.21. The first-order chi connectivity index (χ1) is 30.6. The molecule has 0 aromatic heterocycles. The molecule has 0 aromatic carbocycles. The van der Waals surface area contributed by atoms with E-state index in [1.165, 1.54) is 231 Å². The highest BCUT2D eigenvalue weighted by Crippen LogP contribution is 2.16. The molecule has 0 radical (unpaired) electrons. The second-order valence-corrected chi connectivity index (χ2v) is 18.9. The van der Waals surface area contributed by atoms with Crippen LogP contribution >= 0.6 is 0 Å². The lowest BCUT2D eigenvalue weighted by Gasteiger charge is -2.18. The molecule has 0 bridgehead atoms. The lowest BCUT2D eigenvalue weighted by atomic mass is 10.0. The first-order valence-electron chi connectivity index (χ1n) is 27.9. The van der Waals surface area contributed by atoms with Crippen LogP contribution in [-0.2, 0) is 23.8 Å². The molecule has 366 valence electrons. The molecule has 0 aliphatic heterocycles. The van der Waals surface area contributed by atoms with Crippen LogP contribution in [0.4, 0.5) is 0 Å². The summed E-state index contributed by atoms with van der Waals surface area (Å²) in [5.74, 6) is -0.385. The van der Waals surface area contributed by atoms with Crippen LogP contribution in [0.25, 0.3) is 0 Å². The molecule has 0 heterocycles. The maximum absolute atomic E-state index is 12.8. The van der Waals surface area contributed by atoms with E-state index < -0.39 is 6.10 Å². The number of unbranched alkanes of at least 4 members (excludes halogenated alkanes) is 37. The Morgan fingerprint density at radius 1 is 0.355 bits per heavy atom. The van der Waals surface area contributed by atoms with Gasteiger partial charge in [0.25, 0.3) is 0 Å². The molecule has 0 aliphatic carbocycles. The van der Waals surface area contributed by atoms with Gasteiger partial charge in [-0.1, -0.05) is 263 Å². The van der Waals surface area contributed by atoms with Gasteiger partial charge >= 0.3 is 11.9 Å². The van der Waals surface area contributed by atoms with Crippen molar-refractivity contribution in [1.82, 2.24) is 0 Å². The minimum Gasteiger partial charge on any atom is -0.462 e. The molecule has 0 rings (SSSR count). The molecule has 0 aliphatic rings. The second-order valence-electron chi connectivity index (χ2n) is 18.9. The summed E-state index contributed by atoms with van der Waals surface area (Å²) in [4.78, 5) is 25.4. The molecule has 0 N–H and O–H groups in total. The van der Waals surface area contributed by atoms with Gasteiger partial charge in [-0.2, -0.15) is 0 Å². The summed E-state index contributed by atoms with van der Waals surface area (Å²) in [6, 6.07) is 0. The molecule has 1 atom stereocenters. The van der Waals surface area contributed by atoms with Crippen molar-refractivity contribution in [2.45, 2.75) is 309 Å². The SMILES string of the molecule is CCCCC/C=C\C/C=C\CCCCCCCCCC(=O)OCC(COCCCCCCCCCCCCCCCCCC)OC(=O)CCCCCCCCCCCCCCC. The average molecular weight is 873 g/mol. The van der Waals surface area contributed by atoms with Crippen molar-refractivity contribution in [2.75, 3.05) is 19.8 Å². The number of hydrogen-bond acceptors (Lipinski definition) is 5. The van der Waals surface area contributed by atoms with Gasteiger partial charge in [0.2, 0.25) is 0 Å². The normalized spacial score (nSPS) is 12.2. The van der Waals surface area contributed by atoms with Crippen molar-refractivity contribution in [3.63, 3.8) is 0 Å². The van der Waals surface area contributed by atoms with E-state index in [9.17, 15) is 9.59 Å². The molecule has 5 heteroatoms. The minimum absolute atomic E-state index is 0.0891. The Kier molecular flexibility index (Phi) is 52.3. The van der Waals surface area contributed by atoms with E-state index in [0.717, 1.165) is 38.5 Å². The molecule has 0 saturated heterocycles. The predicted octanol–water partition coefficient (Wildman–Crippen LogP) is 18.8. The average Bonchev–Trinajstić information content (AvgIpc) is 3.27. The molecule has 0 saturated carbocycles. The number of ether oxygens (including phenoxy) is 3. The topological polar surface area (TPSA) is 61.8 Å². The molecule has 0 aromatic rings. The fraction of sp³-hybridized carbons (Fsp3) is 0.895. The molecule has 0 fully saturated rings. The monoisotopic (exact) mass is 873 g/mol. The molecular weight excluding hydrogens is 765 g/mol. The molecular formula is C57H108O5. The van der Waals surface area contributed by atoms with Crippen molar-refractivity contribution in [2.24, 2.45) is 0 Å². The summed E-state index contributed by atoms with van der Waals surface area (Å²) in [5.41, 5.74) is 0. The summed E-state index contributed by atoms with van der Waals surface area (Å²) in [6.07, 6.45) is 63.3. The van der Waals surface area contributed by atoms with Crippen LogP contribution in [0.5, 0.6) is 0 Å². The van der Waals surface area contributed by atoms with Gasteiger partial charge in [-0.25, -0.2) is 0 Å². The van der Waals surface area contributed by atoms with Gasteiger partial charge in [0.05, 0.1) is 6.61 Å². The van der Waals surface area contributed by atoms with Crippen molar-refractivity contribution in [3.05, 3.63) is 24.3 Å². The maximum Gasteiger partial charge on any atom is 0.306 e. The minimum atomic E-state index is -0.531. The fourth-order valence-electron chi connectivity index (χ4n) is 8.31. The standard InChI is InChI=1S/C57H108O5/c1-4-7-10-13-16-19-22-25-27-29-30-33-35-38-41-44-47-50-56(58)61-54-55(62-57(59)51-48-45-42-39-36-32-24-21-18-15-12-9-6-3)53-60-52-49-46-43-40-37-34-31-28-26-23-20-17-14-11-8-5-2/h16,19,25,27,55H,4-15,17-18,20-24,26,28-54H2,1-3H3/b19-16-,27-25-. The number of allylic oxidation sites excluding steroid dienone is 4. The number of esters is 2. The van der Waals surface area contributed by atoms with E-state index in [-0.39, 0.29) is 18.5 Å². The Morgan fingerprint density at radius 2 is 0.677 bits per heavy atom. The van der Waals surface area contributed by atoms with Gasteiger partial charge in [0.15, 0.2) is 6.10 Å². The fourth-order valence-corrected chi connectivity index (χ4v) is 8.31. The predicted molar refractivity (Wildman–Crippen MR) is 270 cm³/mol. The zero-order chi connectivity index (χ0) is 44.9. The highest BCUT2D eigenvalue weighted by atomic mass is 16.6. The van der Waals surface area contributed by atoms with E-state index in [2.05, 4.69) is 45.1 Å². The van der Waals surface area contributed by atoms with Gasteiger partial charge in [0, 0.05) is 19.4 Å². The Hall–Kier alpha value is -1.62. The Labute approximate surface area is 387 Å². The lowest BCUT2D eigenvalue weighted by Crippen LogP contribution is -2.30. The van der Waals surface area contributed by atoms with E-state index in [4.69, 9.17) is 14.2 Å². The van der Waals surface area contributed by atoms with Gasteiger partial charge in [0.1, 0.15) is 6.61 Å². The third-order valence-corrected chi connectivity index (χ3v) is 12.5. The van der Waals surface area contributed by atoms with Gasteiger partial charge < -0.3 is 14.2 Å². The second kappa shape index (κ2) is 53.7. The summed E-state index contributed by atoms with van der Waals surface area (Å²) in [6.45, 7) is 7.86. The van der Waals surface area contributed by atoms with E-state index in [0.29, 0.717) is 26.1 Å². The van der Waals surface area contributed by atoms with Crippen molar-refractivity contribution >= 4 is 11.9 Å². The van der Waals surface area contributed by atoms with E-state index >= 15 is 0 Å². The number of hydrogen-bond donors (Lipinski definition) is 0. The molecule has 1 unspecified atom stereocenters. The largest absolute Gasteiger partial charge is 0.462 e. The Bertz CT molecular complexity index is 943. The van der Waals surface area contributed by atoms with Crippen LogP contribution in [-0.4, -0.2) is 37.9 Å². The lowest BCUT2D eigenvalue weighted by molar-refractivity contribution is -0.163. The van der Waals surface area contributed by atoms with Crippen LogP contribution in [0, 0.1) is 0 Å². The zero-order valence-corrected chi connectivity index (χ0v) is 42.2. The summed E-state index contributed by atoms with van der Waals surface area (Å²) in [7, 11) is 0. The maximum atomic E-state index is 12.8. The van der Waals surface area contributed by atoms with Crippen molar-refractivity contribution < 1.29 is 23.8 Å². The first kappa shape index (κ1) is 60.4. The van der Waals surface area contributed by atoms with Crippen LogP contribution in [0.1, 0.15) is 303 Å². The van der Waals surface area contributed by atoms with Crippen molar-refractivity contribution in [3.8, 4) is 0 Å².